The summed E-state index contributed by atoms with van der Waals surface area (Å²) in [6.07, 6.45) is 3.69. The van der Waals surface area contributed by atoms with E-state index in [1.165, 1.54) is 0 Å². The van der Waals surface area contributed by atoms with E-state index >= 15 is 0 Å². The van der Waals surface area contributed by atoms with Gasteiger partial charge < -0.3 is 16.4 Å². The van der Waals surface area contributed by atoms with Crippen LogP contribution in [0.5, 0.6) is 5.75 Å². The second kappa shape index (κ2) is 9.44. The molecular formula is C19H24N4O2. The zero-order valence-electron chi connectivity index (χ0n) is 14.1. The second-order valence-corrected chi connectivity index (χ2v) is 5.70. The van der Waals surface area contributed by atoms with Crippen LogP contribution >= 0.6 is 0 Å². The van der Waals surface area contributed by atoms with Crippen LogP contribution in [0.1, 0.15) is 36.0 Å². The summed E-state index contributed by atoms with van der Waals surface area (Å²) < 4.78 is 0. The fourth-order valence-corrected chi connectivity index (χ4v) is 2.52. The molecule has 2 rings (SSSR count). The van der Waals surface area contributed by atoms with Gasteiger partial charge in [0.1, 0.15) is 11.7 Å². The van der Waals surface area contributed by atoms with Crippen molar-refractivity contribution in [2.45, 2.75) is 25.7 Å². The van der Waals surface area contributed by atoms with Gasteiger partial charge in [-0.3, -0.25) is 10.8 Å². The molecule has 0 saturated heterocycles. The maximum Gasteiger partial charge on any atom is 0.176 e. The molecular weight excluding hydrogens is 316 g/mol. The van der Waals surface area contributed by atoms with Crippen molar-refractivity contribution in [1.82, 2.24) is 0 Å². The minimum Gasteiger partial charge on any atom is -0.384 e. The number of aryl methyl sites for hydroxylation is 1. The predicted octanol–water partition coefficient (Wildman–Crippen LogP) is 2.98. The van der Waals surface area contributed by atoms with Crippen LogP contribution in [0, 0.1) is 10.8 Å². The van der Waals surface area contributed by atoms with Crippen LogP contribution in [0.25, 0.3) is 0 Å². The summed E-state index contributed by atoms with van der Waals surface area (Å²) in [7, 11) is 0. The van der Waals surface area contributed by atoms with Gasteiger partial charge in [-0.2, -0.15) is 4.89 Å². The quantitative estimate of drug-likeness (QED) is 0.175. The van der Waals surface area contributed by atoms with Gasteiger partial charge >= 0.3 is 0 Å². The zero-order chi connectivity index (χ0) is 18.1. The number of hydrogen-bond acceptors (Lipinski definition) is 4. The average molecular weight is 340 g/mol. The van der Waals surface area contributed by atoms with Crippen molar-refractivity contribution in [3.05, 3.63) is 65.2 Å². The Morgan fingerprint density at radius 3 is 2.16 bits per heavy atom. The topological polar surface area (TPSA) is 118 Å². The zero-order valence-corrected chi connectivity index (χ0v) is 14.1. The van der Waals surface area contributed by atoms with Crippen LogP contribution in [-0.2, 0) is 11.3 Å². The molecule has 0 fully saturated rings. The SMILES string of the molecule is N=C(N)c1ccccc1CCCCCOOc1ccccc1C(=N)N. The number of benzene rings is 2. The molecule has 2 aromatic carbocycles. The Bertz CT molecular complexity index is 669. The van der Waals surface area contributed by atoms with Crippen LogP contribution in [0.3, 0.4) is 0 Å². The van der Waals surface area contributed by atoms with E-state index in [1.54, 1.807) is 24.3 Å². The van der Waals surface area contributed by atoms with Gasteiger partial charge in [-0.25, -0.2) is 0 Å². The minimum atomic E-state index is -0.0525. The maximum absolute atomic E-state index is 7.59. The highest BCUT2D eigenvalue weighted by molar-refractivity contribution is 5.97. The molecule has 0 aliphatic rings. The van der Waals surface area contributed by atoms with Crippen LogP contribution in [-0.4, -0.2) is 18.3 Å². The first kappa shape index (κ1) is 18.5. The Kier molecular flexibility index (Phi) is 6.98. The molecule has 25 heavy (non-hydrogen) atoms. The van der Waals surface area contributed by atoms with Crippen LogP contribution < -0.4 is 16.4 Å². The molecule has 0 amide bonds. The van der Waals surface area contributed by atoms with Gasteiger partial charge in [0.15, 0.2) is 5.75 Å². The maximum atomic E-state index is 7.59. The Morgan fingerprint density at radius 2 is 1.44 bits per heavy atom. The molecule has 2 aromatic rings. The first-order valence-electron chi connectivity index (χ1n) is 8.25. The van der Waals surface area contributed by atoms with E-state index < -0.39 is 0 Å². The fraction of sp³-hybridized carbons (Fsp3) is 0.263. The smallest absolute Gasteiger partial charge is 0.176 e. The molecule has 0 bridgehead atoms. The van der Waals surface area contributed by atoms with Gasteiger partial charge in [-0.1, -0.05) is 42.8 Å². The monoisotopic (exact) mass is 340 g/mol. The first-order valence-corrected chi connectivity index (χ1v) is 8.25. The van der Waals surface area contributed by atoms with Crippen LogP contribution in [0.4, 0.5) is 0 Å². The molecule has 0 aromatic heterocycles. The van der Waals surface area contributed by atoms with Gasteiger partial charge in [0.2, 0.25) is 0 Å². The van der Waals surface area contributed by atoms with Gasteiger partial charge in [-0.05, 0) is 37.0 Å². The largest absolute Gasteiger partial charge is 0.384 e. The number of nitrogen functional groups attached to an aromatic ring is 2. The van der Waals surface area contributed by atoms with E-state index in [-0.39, 0.29) is 11.7 Å². The summed E-state index contributed by atoms with van der Waals surface area (Å²) in [5, 5.41) is 15.1. The molecule has 6 heteroatoms. The molecule has 0 radical (unpaired) electrons. The van der Waals surface area contributed by atoms with Crippen LogP contribution in [0.2, 0.25) is 0 Å². The lowest BCUT2D eigenvalue weighted by Crippen LogP contribution is -2.13. The molecule has 6 N–H and O–H groups in total. The third-order valence-electron chi connectivity index (χ3n) is 3.81. The Morgan fingerprint density at radius 1 is 0.800 bits per heavy atom. The molecule has 0 aliphatic carbocycles. The highest BCUT2D eigenvalue weighted by Gasteiger charge is 2.07. The Hall–Kier alpha value is -2.86. The lowest BCUT2D eigenvalue weighted by Gasteiger charge is -2.09. The van der Waals surface area contributed by atoms with Gasteiger partial charge in [0, 0.05) is 5.56 Å². The molecule has 132 valence electrons. The number of unbranched alkanes of at least 4 members (excludes halogenated alkanes) is 2. The van der Waals surface area contributed by atoms with E-state index in [1.807, 2.05) is 24.3 Å². The van der Waals surface area contributed by atoms with Gasteiger partial charge in [0.25, 0.3) is 0 Å². The summed E-state index contributed by atoms with van der Waals surface area (Å²) in [5.41, 5.74) is 13.5. The Balaban J connectivity index is 1.68. The number of nitrogens with two attached hydrogens (primary N) is 2. The first-order chi connectivity index (χ1) is 12.1. The normalized spacial score (nSPS) is 10.4. The summed E-state index contributed by atoms with van der Waals surface area (Å²) in [5.74, 6) is 0.505. The third kappa shape index (κ3) is 5.61. The van der Waals surface area contributed by atoms with Crippen molar-refractivity contribution in [1.29, 1.82) is 10.8 Å². The van der Waals surface area contributed by atoms with E-state index in [2.05, 4.69) is 0 Å². The summed E-state index contributed by atoms with van der Waals surface area (Å²) in [6, 6.07) is 14.8. The van der Waals surface area contributed by atoms with Crippen molar-refractivity contribution in [3.63, 3.8) is 0 Å². The van der Waals surface area contributed by atoms with E-state index in [9.17, 15) is 0 Å². The lowest BCUT2D eigenvalue weighted by atomic mass is 10.0. The predicted molar refractivity (Wildman–Crippen MR) is 99.1 cm³/mol. The molecule has 0 unspecified atom stereocenters. The van der Waals surface area contributed by atoms with Crippen molar-refractivity contribution < 1.29 is 9.78 Å². The second-order valence-electron chi connectivity index (χ2n) is 5.70. The highest BCUT2D eigenvalue weighted by Crippen LogP contribution is 2.17. The molecule has 0 saturated carbocycles. The molecule has 0 aliphatic heterocycles. The Labute approximate surface area is 147 Å². The molecule has 0 heterocycles. The minimum absolute atomic E-state index is 0.0525. The van der Waals surface area contributed by atoms with Crippen molar-refractivity contribution in [2.75, 3.05) is 6.61 Å². The van der Waals surface area contributed by atoms with E-state index in [4.69, 9.17) is 32.1 Å². The van der Waals surface area contributed by atoms with Gasteiger partial charge in [-0.15, -0.1) is 0 Å². The molecule has 6 nitrogen and oxygen atoms in total. The average Bonchev–Trinajstić information content (AvgIpc) is 2.61. The van der Waals surface area contributed by atoms with Crippen LogP contribution in [0.15, 0.2) is 48.5 Å². The molecule has 0 atom stereocenters. The standard InChI is InChI=1S/C19H24N4O2/c20-18(21)15-10-4-3-9-14(15)8-2-1-7-13-24-25-17-12-6-5-11-16(17)19(22)23/h3-6,9-12H,1-2,7-8,13H2,(H3,20,21)(H3,22,23). The third-order valence-corrected chi connectivity index (χ3v) is 3.81. The number of hydrogen-bond donors (Lipinski definition) is 4. The van der Waals surface area contributed by atoms with E-state index in [0.29, 0.717) is 17.9 Å². The van der Waals surface area contributed by atoms with Crippen molar-refractivity contribution in [2.24, 2.45) is 11.5 Å². The molecule has 0 spiro atoms. The number of para-hydroxylation sites is 1. The summed E-state index contributed by atoms with van der Waals surface area (Å²) in [4.78, 5) is 10.5. The highest BCUT2D eigenvalue weighted by atomic mass is 17.2. The van der Waals surface area contributed by atoms with Crippen molar-refractivity contribution in [3.8, 4) is 5.75 Å². The summed E-state index contributed by atoms with van der Waals surface area (Å²) in [6.45, 7) is 0.459. The van der Waals surface area contributed by atoms with Gasteiger partial charge in [0.05, 0.1) is 12.2 Å². The summed E-state index contributed by atoms with van der Waals surface area (Å²) >= 11 is 0. The number of rotatable bonds is 10. The fourth-order valence-electron chi connectivity index (χ4n) is 2.52. The number of nitrogens with one attached hydrogen (secondary N) is 2. The lowest BCUT2D eigenvalue weighted by molar-refractivity contribution is -0.207. The van der Waals surface area contributed by atoms with E-state index in [0.717, 1.165) is 36.8 Å². The number of amidine groups is 2. The van der Waals surface area contributed by atoms with Crippen molar-refractivity contribution >= 4 is 11.7 Å².